The highest BCUT2D eigenvalue weighted by molar-refractivity contribution is 9.10. The van der Waals surface area contributed by atoms with Gasteiger partial charge in [-0.3, -0.25) is 4.79 Å². The van der Waals surface area contributed by atoms with Crippen LogP contribution in [0.2, 0.25) is 0 Å². The number of carbonyl (C=O) groups is 1. The maximum absolute atomic E-state index is 12.9. The van der Waals surface area contributed by atoms with Gasteiger partial charge in [0.05, 0.1) is 6.04 Å². The van der Waals surface area contributed by atoms with Crippen LogP contribution in [0, 0.1) is 0 Å². The highest BCUT2D eigenvalue weighted by atomic mass is 79.9. The highest BCUT2D eigenvalue weighted by Gasteiger charge is 2.12. The van der Waals surface area contributed by atoms with E-state index < -0.39 is 11.7 Å². The van der Waals surface area contributed by atoms with Crippen LogP contribution in [0.25, 0.3) is 0 Å². The summed E-state index contributed by atoms with van der Waals surface area (Å²) in [7, 11) is 0. The highest BCUT2D eigenvalue weighted by Crippen LogP contribution is 2.16. The average molecular weight is 286 g/mol. The Kier molecular flexibility index (Phi) is 4.68. The first-order valence-corrected chi connectivity index (χ1v) is 5.72. The zero-order valence-electron chi connectivity index (χ0n) is 9.13. The Morgan fingerprint density at radius 2 is 2.00 bits per heavy atom. The molecule has 1 N–H and O–H groups in total. The van der Waals surface area contributed by atoms with Crippen LogP contribution in [0.1, 0.15) is 25.5 Å². The normalized spacial score (nSPS) is 13.4. The molecule has 4 heteroatoms. The summed E-state index contributed by atoms with van der Waals surface area (Å²) < 4.78 is 13.9. The van der Waals surface area contributed by atoms with Crippen molar-refractivity contribution in [2.45, 2.75) is 19.9 Å². The monoisotopic (exact) mass is 285 g/mol. The Morgan fingerprint density at radius 3 is 2.50 bits per heavy atom. The minimum atomic E-state index is -0.760. The number of hydrogen-bond donors (Lipinski definition) is 1. The summed E-state index contributed by atoms with van der Waals surface area (Å²) >= 11 is 3.32. The predicted octanol–water partition coefficient (Wildman–Crippen LogP) is 3.50. The lowest BCUT2D eigenvalue weighted by Crippen LogP contribution is -2.26. The van der Waals surface area contributed by atoms with Gasteiger partial charge in [-0.25, -0.2) is 4.39 Å². The molecule has 0 heterocycles. The molecule has 0 saturated heterocycles. The number of rotatable bonds is 3. The van der Waals surface area contributed by atoms with E-state index in [1.807, 2.05) is 31.2 Å². The van der Waals surface area contributed by atoms with Gasteiger partial charge in [0.2, 0.25) is 0 Å². The Hall–Kier alpha value is -1.16. The van der Waals surface area contributed by atoms with Gasteiger partial charge in [-0.1, -0.05) is 28.1 Å². The maximum atomic E-state index is 12.9. The molecule has 1 unspecified atom stereocenters. The molecule has 1 amide bonds. The van der Waals surface area contributed by atoms with Crippen LogP contribution < -0.4 is 5.32 Å². The third-order valence-corrected chi connectivity index (χ3v) is 2.72. The van der Waals surface area contributed by atoms with Gasteiger partial charge in [0.25, 0.3) is 5.91 Å². The predicted molar refractivity (Wildman–Crippen MR) is 65.6 cm³/mol. The van der Waals surface area contributed by atoms with Crippen LogP contribution in [-0.4, -0.2) is 5.91 Å². The SMILES string of the molecule is C/C=C(\F)C(=O)NC(C)c1ccc(Br)cc1. The number of allylic oxidation sites excluding steroid dienone is 1. The second kappa shape index (κ2) is 5.80. The molecular weight excluding hydrogens is 273 g/mol. The van der Waals surface area contributed by atoms with Crippen molar-refractivity contribution in [2.75, 3.05) is 0 Å². The summed E-state index contributed by atoms with van der Waals surface area (Å²) in [5, 5.41) is 2.57. The molecule has 1 aromatic carbocycles. The van der Waals surface area contributed by atoms with Gasteiger partial charge in [0, 0.05) is 4.47 Å². The second-order valence-electron chi connectivity index (χ2n) is 3.38. The van der Waals surface area contributed by atoms with Crippen molar-refractivity contribution in [1.82, 2.24) is 5.32 Å². The molecule has 0 radical (unpaired) electrons. The Balaban J connectivity index is 2.69. The maximum Gasteiger partial charge on any atom is 0.280 e. The molecule has 0 saturated carbocycles. The molecule has 1 rings (SSSR count). The van der Waals surface area contributed by atoms with Crippen LogP contribution >= 0.6 is 15.9 Å². The van der Waals surface area contributed by atoms with Gasteiger partial charge >= 0.3 is 0 Å². The van der Waals surface area contributed by atoms with E-state index in [0.29, 0.717) is 0 Å². The minimum absolute atomic E-state index is 0.216. The summed E-state index contributed by atoms with van der Waals surface area (Å²) in [5.41, 5.74) is 0.931. The third kappa shape index (κ3) is 3.45. The summed E-state index contributed by atoms with van der Waals surface area (Å²) in [6, 6.07) is 7.30. The van der Waals surface area contributed by atoms with Gasteiger partial charge in [-0.2, -0.15) is 0 Å². The molecule has 86 valence electrons. The lowest BCUT2D eigenvalue weighted by atomic mass is 10.1. The van der Waals surface area contributed by atoms with E-state index in [2.05, 4.69) is 21.2 Å². The fourth-order valence-electron chi connectivity index (χ4n) is 1.23. The zero-order chi connectivity index (χ0) is 12.1. The smallest absolute Gasteiger partial charge is 0.280 e. The first-order chi connectivity index (χ1) is 7.54. The quantitative estimate of drug-likeness (QED) is 0.847. The molecule has 0 bridgehead atoms. The molecule has 0 aliphatic heterocycles. The molecule has 0 aromatic heterocycles. The van der Waals surface area contributed by atoms with Gasteiger partial charge in [0.1, 0.15) is 0 Å². The van der Waals surface area contributed by atoms with Crippen molar-refractivity contribution < 1.29 is 9.18 Å². The molecular formula is C12H13BrFNO. The molecule has 0 spiro atoms. The van der Waals surface area contributed by atoms with Crippen LogP contribution in [0.4, 0.5) is 4.39 Å². The molecule has 16 heavy (non-hydrogen) atoms. The molecule has 2 nitrogen and oxygen atoms in total. The topological polar surface area (TPSA) is 29.1 Å². The summed E-state index contributed by atoms with van der Waals surface area (Å²) in [6.07, 6.45) is 1.14. The van der Waals surface area contributed by atoms with E-state index in [1.165, 1.54) is 6.92 Å². The van der Waals surface area contributed by atoms with Gasteiger partial charge in [-0.05, 0) is 37.6 Å². The fraction of sp³-hybridized carbons (Fsp3) is 0.250. The van der Waals surface area contributed by atoms with Crippen LogP contribution in [0.5, 0.6) is 0 Å². The molecule has 1 atom stereocenters. The number of hydrogen-bond acceptors (Lipinski definition) is 1. The standard InChI is InChI=1S/C12H13BrFNO/c1-3-11(14)12(16)15-8(2)9-4-6-10(13)7-5-9/h3-8H,1-2H3,(H,15,16)/b11-3-. The zero-order valence-corrected chi connectivity index (χ0v) is 10.7. The van der Waals surface area contributed by atoms with Crippen molar-refractivity contribution in [2.24, 2.45) is 0 Å². The largest absolute Gasteiger partial charge is 0.344 e. The first kappa shape index (κ1) is 12.9. The van der Waals surface area contributed by atoms with Crippen LogP contribution in [0.15, 0.2) is 40.6 Å². The summed E-state index contributed by atoms with van der Waals surface area (Å²) in [4.78, 5) is 11.3. The van der Waals surface area contributed by atoms with E-state index in [9.17, 15) is 9.18 Å². The van der Waals surface area contributed by atoms with E-state index in [1.54, 1.807) is 0 Å². The summed E-state index contributed by atoms with van der Waals surface area (Å²) in [5.74, 6) is -1.44. The number of nitrogens with one attached hydrogen (secondary N) is 1. The fourth-order valence-corrected chi connectivity index (χ4v) is 1.50. The van der Waals surface area contributed by atoms with Crippen molar-refractivity contribution in [1.29, 1.82) is 0 Å². The Labute approximate surface area is 103 Å². The van der Waals surface area contributed by atoms with Gasteiger partial charge < -0.3 is 5.32 Å². The molecule has 1 aromatic rings. The third-order valence-electron chi connectivity index (χ3n) is 2.19. The van der Waals surface area contributed by atoms with Gasteiger partial charge in [0.15, 0.2) is 5.83 Å². The average Bonchev–Trinajstić information content (AvgIpc) is 2.28. The minimum Gasteiger partial charge on any atom is -0.344 e. The Bertz CT molecular complexity index is 400. The number of halogens is 2. The van der Waals surface area contributed by atoms with Crippen molar-refractivity contribution in [3.05, 3.63) is 46.2 Å². The van der Waals surface area contributed by atoms with E-state index in [4.69, 9.17) is 0 Å². The molecule has 0 aliphatic rings. The van der Waals surface area contributed by atoms with Gasteiger partial charge in [-0.15, -0.1) is 0 Å². The number of benzene rings is 1. The van der Waals surface area contributed by atoms with Crippen molar-refractivity contribution in [3.8, 4) is 0 Å². The molecule has 0 fully saturated rings. The second-order valence-corrected chi connectivity index (χ2v) is 4.30. The molecule has 0 aliphatic carbocycles. The van der Waals surface area contributed by atoms with Crippen LogP contribution in [-0.2, 0) is 4.79 Å². The van der Waals surface area contributed by atoms with E-state index in [-0.39, 0.29) is 6.04 Å². The van der Waals surface area contributed by atoms with E-state index in [0.717, 1.165) is 16.1 Å². The first-order valence-electron chi connectivity index (χ1n) is 4.92. The lowest BCUT2D eigenvalue weighted by molar-refractivity contribution is -0.119. The summed E-state index contributed by atoms with van der Waals surface area (Å²) in [6.45, 7) is 3.29. The number of amides is 1. The number of carbonyl (C=O) groups excluding carboxylic acids is 1. The van der Waals surface area contributed by atoms with Crippen molar-refractivity contribution >= 4 is 21.8 Å². The van der Waals surface area contributed by atoms with Crippen molar-refractivity contribution in [3.63, 3.8) is 0 Å². The Morgan fingerprint density at radius 1 is 1.44 bits per heavy atom. The van der Waals surface area contributed by atoms with Crippen LogP contribution in [0.3, 0.4) is 0 Å². The van der Waals surface area contributed by atoms with E-state index >= 15 is 0 Å². The lowest BCUT2D eigenvalue weighted by Gasteiger charge is -2.13.